The van der Waals surface area contributed by atoms with Crippen molar-refractivity contribution in [2.24, 2.45) is 0 Å². The molecule has 0 bridgehead atoms. The van der Waals surface area contributed by atoms with Crippen LogP contribution in [0.2, 0.25) is 0 Å². The minimum atomic E-state index is -10.2. The van der Waals surface area contributed by atoms with Gasteiger partial charge in [-0.1, -0.05) is 0 Å². The molecule has 0 atom stereocenters. The first-order chi connectivity index (χ1) is 22.9. The van der Waals surface area contributed by atoms with Crippen LogP contribution in [0.5, 0.6) is 0 Å². The fourth-order valence-electron chi connectivity index (χ4n) is 2.66. The minimum Gasteiger partial charge on any atom is -0.743 e. The number of hydrogen-bond acceptors (Lipinski definition) is 5. The molecule has 0 fully saturated rings. The smallest absolute Gasteiger partial charge is 0.483 e. The zero-order chi connectivity index (χ0) is 45.9. The van der Waals surface area contributed by atoms with Crippen LogP contribution in [0.4, 0.5) is 145 Å². The second-order valence-electron chi connectivity index (χ2n) is 9.48. The van der Waals surface area contributed by atoms with Crippen molar-refractivity contribution in [2.75, 3.05) is 0 Å². The maximum Gasteiger partial charge on any atom is 0.483 e. The molecule has 0 amide bonds. The third-order valence-electron chi connectivity index (χ3n) is 5.78. The fraction of sp³-hybridized carbons (Fsp3) is 1.00. The van der Waals surface area contributed by atoms with Gasteiger partial charge in [-0.2, -0.15) is 145 Å². The minimum absolute atomic E-state index is 0.694. The van der Waals surface area contributed by atoms with E-state index in [1.165, 1.54) is 0 Å². The predicted molar refractivity (Wildman–Crippen MR) is 92.1 cm³/mol. The van der Waals surface area contributed by atoms with E-state index in [4.69, 9.17) is 0 Å². The summed E-state index contributed by atoms with van der Waals surface area (Å²) in [6.45, 7) is 0. The lowest BCUT2D eigenvalue weighted by atomic mass is 9.85. The highest BCUT2D eigenvalue weighted by Gasteiger charge is 3.00. The summed E-state index contributed by atoms with van der Waals surface area (Å²) in [5.41, 5.74) is 0. The van der Waals surface area contributed by atoms with Gasteiger partial charge >= 0.3 is 95.1 Å². The van der Waals surface area contributed by atoms with Crippen LogP contribution in [-0.4, -0.2) is 108 Å². The second kappa shape index (κ2) is 12.8. The van der Waals surface area contributed by atoms with Crippen LogP contribution in [0, 0.1) is 0 Å². The molecule has 0 N–H and O–H groups in total. The molecule has 0 saturated carbocycles. The summed E-state index contributed by atoms with van der Waals surface area (Å²) >= 11 is 0. The van der Waals surface area contributed by atoms with Gasteiger partial charge in [0.15, 0.2) is 10.1 Å². The largest absolute Gasteiger partial charge is 0.743 e. The highest BCUT2D eigenvalue weighted by molar-refractivity contribution is 7.86. The van der Waals surface area contributed by atoms with E-state index in [0.29, 0.717) is 4.74 Å². The second-order valence-corrected chi connectivity index (χ2v) is 10.9. The van der Waals surface area contributed by atoms with Gasteiger partial charge in [-0.15, -0.1) is 0 Å². The van der Waals surface area contributed by atoms with Crippen LogP contribution in [-0.2, 0) is 19.6 Å². The Morgan fingerprint density at radius 3 is 0.655 bits per heavy atom. The molecule has 0 unspecified atom stereocenters. The third-order valence-corrected chi connectivity index (χ3v) is 6.66. The maximum absolute atomic E-state index is 13.8. The molecule has 0 saturated heterocycles. The summed E-state index contributed by atoms with van der Waals surface area (Å²) in [6, 6.07) is 0. The van der Waals surface area contributed by atoms with Crippen LogP contribution in [0.25, 0.3) is 0 Å². The molecule has 0 aliphatic rings. The highest BCUT2D eigenvalue weighted by Crippen LogP contribution is 2.68. The molecule has 39 heteroatoms. The van der Waals surface area contributed by atoms with Gasteiger partial charge in [0.2, 0.25) is 0 Å². The molecular formula is C16F33O5S-. The number of ether oxygens (including phenoxy) is 2. The first kappa shape index (κ1) is 52.5. The molecule has 0 aliphatic carbocycles. The Bertz CT molecular complexity index is 1520. The van der Waals surface area contributed by atoms with Crippen molar-refractivity contribution in [3.63, 3.8) is 0 Å². The van der Waals surface area contributed by atoms with Crippen molar-refractivity contribution in [1.82, 2.24) is 0 Å². The zero-order valence-electron chi connectivity index (χ0n) is 22.9. The zero-order valence-corrected chi connectivity index (χ0v) is 23.7. The third kappa shape index (κ3) is 6.88. The molecule has 0 aromatic heterocycles. The van der Waals surface area contributed by atoms with Crippen LogP contribution in [0.1, 0.15) is 0 Å². The number of hydrogen-bond donors (Lipinski definition) is 0. The van der Waals surface area contributed by atoms with Gasteiger partial charge in [0.25, 0.3) is 0 Å². The van der Waals surface area contributed by atoms with E-state index >= 15 is 0 Å². The van der Waals surface area contributed by atoms with Gasteiger partial charge in [-0.3, -0.25) is 0 Å². The van der Waals surface area contributed by atoms with Crippen molar-refractivity contribution in [2.45, 2.75) is 95.1 Å². The Kier molecular flexibility index (Phi) is 12.2. The van der Waals surface area contributed by atoms with Crippen LogP contribution >= 0.6 is 0 Å². The Morgan fingerprint density at radius 2 is 0.455 bits per heavy atom. The molecule has 55 heavy (non-hydrogen) atoms. The van der Waals surface area contributed by atoms with E-state index in [0.717, 1.165) is 4.74 Å². The van der Waals surface area contributed by atoms with Crippen molar-refractivity contribution in [3.05, 3.63) is 0 Å². The average Bonchev–Trinajstić information content (AvgIpc) is 2.89. The monoisotopic (exact) mass is 931 g/mol. The Hall–Kier alpha value is -2.48. The van der Waals surface area contributed by atoms with Crippen LogP contribution in [0.3, 0.4) is 0 Å². The highest BCUT2D eigenvalue weighted by atomic mass is 32.2. The van der Waals surface area contributed by atoms with E-state index in [1.54, 1.807) is 0 Å². The lowest BCUT2D eigenvalue weighted by Gasteiger charge is -2.46. The average molecular weight is 931 g/mol. The van der Waals surface area contributed by atoms with E-state index < -0.39 is 105 Å². The summed E-state index contributed by atoms with van der Waals surface area (Å²) in [4.78, 5) is 0. The number of rotatable bonds is 17. The Labute approximate surface area is 274 Å². The van der Waals surface area contributed by atoms with E-state index in [2.05, 4.69) is 0 Å². The molecule has 0 aromatic carbocycles. The molecule has 0 aliphatic heterocycles. The summed E-state index contributed by atoms with van der Waals surface area (Å²) in [7, 11) is -8.68. The summed E-state index contributed by atoms with van der Waals surface area (Å²) in [5, 5.41) is -8.52. The lowest BCUT2D eigenvalue weighted by Crippen LogP contribution is -2.78. The van der Waals surface area contributed by atoms with E-state index in [1.807, 2.05) is 0 Å². The van der Waals surface area contributed by atoms with E-state index in [-0.39, 0.29) is 0 Å². The molecule has 0 radical (unpaired) electrons. The van der Waals surface area contributed by atoms with Crippen LogP contribution in [0.15, 0.2) is 0 Å². The van der Waals surface area contributed by atoms with E-state index in [9.17, 15) is 158 Å². The summed E-state index contributed by atoms with van der Waals surface area (Å²) < 4.78 is 471. The van der Waals surface area contributed by atoms with Gasteiger partial charge in [0.05, 0.1) is 0 Å². The molecule has 0 spiro atoms. The number of alkyl halides is 33. The van der Waals surface area contributed by atoms with Gasteiger partial charge in [-0.25, -0.2) is 17.9 Å². The lowest BCUT2D eigenvalue weighted by molar-refractivity contribution is -0.557. The Morgan fingerprint density at radius 1 is 0.273 bits per heavy atom. The molecule has 0 aromatic rings. The Balaban J connectivity index is 7.48. The maximum atomic E-state index is 13.8. The van der Waals surface area contributed by atoms with Crippen molar-refractivity contribution in [3.8, 4) is 0 Å². The van der Waals surface area contributed by atoms with Crippen molar-refractivity contribution >= 4 is 10.1 Å². The summed E-state index contributed by atoms with van der Waals surface area (Å²) in [6.07, 6.45) is -41.5. The van der Waals surface area contributed by atoms with Gasteiger partial charge < -0.3 is 4.55 Å². The molecular weight excluding hydrogens is 931 g/mol. The van der Waals surface area contributed by atoms with Gasteiger partial charge in [0, 0.05) is 0 Å². The fourth-order valence-corrected chi connectivity index (χ4v) is 3.10. The molecule has 0 heterocycles. The molecule has 0 rings (SSSR count). The quantitative estimate of drug-likeness (QED) is 0.107. The normalized spacial score (nSPS) is 17.2. The first-order valence-corrected chi connectivity index (χ1v) is 12.4. The summed E-state index contributed by atoms with van der Waals surface area (Å²) in [5.74, 6) is -99.0. The van der Waals surface area contributed by atoms with Crippen LogP contribution < -0.4 is 0 Å². The first-order valence-electron chi connectivity index (χ1n) is 11.0. The topological polar surface area (TPSA) is 75.7 Å². The van der Waals surface area contributed by atoms with Gasteiger partial charge in [0.1, 0.15) is 0 Å². The van der Waals surface area contributed by atoms with Gasteiger partial charge in [-0.05, 0) is 0 Å². The molecule has 332 valence electrons. The molecule has 5 nitrogen and oxygen atoms in total. The predicted octanol–water partition coefficient (Wildman–Crippen LogP) is 9.44. The number of halogens is 33. The standard InChI is InChI=1S/C16HF33O5S/c17-1(18,2(19,20)4(23,24)6(27,28)8(31,32)10(35,36)16(48,49)55(50,51)52)3(21,22)5(25,26)7(29,30)9(33,34)12(40,41)53-14(44,45)15(46,47)54-13(42,43)11(37,38)39/h(H,50,51,52)/p-1. The SMILES string of the molecule is O=S(=O)([O-])C(F)(F)C(F)(F)C(F)(F)C(F)(F)C(F)(F)C(F)(F)C(F)(F)C(F)(F)C(F)(F)C(F)(F)C(F)(F)C(F)(F)OC(F)(F)C(F)(F)OC(F)(F)C(F)(F)F. The van der Waals surface area contributed by atoms with Crippen molar-refractivity contribution < 1.29 is 167 Å². The van der Waals surface area contributed by atoms with Crippen molar-refractivity contribution in [1.29, 1.82) is 0 Å².